The van der Waals surface area contributed by atoms with Gasteiger partial charge in [0.15, 0.2) is 0 Å². The van der Waals surface area contributed by atoms with E-state index in [0.717, 1.165) is 18.8 Å². The first-order chi connectivity index (χ1) is 14.1. The molecule has 4 rings (SSSR count). The van der Waals surface area contributed by atoms with Gasteiger partial charge in [0.25, 0.3) is 5.91 Å². The first-order valence-electron chi connectivity index (χ1n) is 9.34. The molecule has 0 aliphatic carbocycles. The zero-order valence-electron chi connectivity index (χ0n) is 15.6. The molecule has 5 nitrogen and oxygen atoms in total. The predicted octanol–water partition coefficient (Wildman–Crippen LogP) is 5.62. The van der Waals surface area contributed by atoms with Gasteiger partial charge in [0.1, 0.15) is 11.5 Å². The number of amides is 1. The molecular weight excluding hydrogens is 409 g/mol. The van der Waals surface area contributed by atoms with Crippen molar-refractivity contribution in [2.75, 3.05) is 18.0 Å². The smallest absolute Gasteiger partial charge is 0.271 e. The number of anilines is 1. The molecule has 2 heterocycles. The van der Waals surface area contributed by atoms with Crippen molar-refractivity contribution >= 4 is 41.0 Å². The van der Waals surface area contributed by atoms with Crippen LogP contribution in [0, 0.1) is 0 Å². The van der Waals surface area contributed by atoms with Crippen LogP contribution in [-0.4, -0.2) is 25.2 Å². The lowest BCUT2D eigenvalue weighted by atomic mass is 10.2. The van der Waals surface area contributed by atoms with Crippen LogP contribution in [0.5, 0.6) is 0 Å². The third kappa shape index (κ3) is 4.63. The molecule has 1 amide bonds. The van der Waals surface area contributed by atoms with Gasteiger partial charge in [-0.3, -0.25) is 4.79 Å². The second-order valence-corrected chi connectivity index (χ2v) is 7.61. The minimum absolute atomic E-state index is 0.279. The van der Waals surface area contributed by atoms with Crippen LogP contribution < -0.4 is 10.3 Å². The van der Waals surface area contributed by atoms with Gasteiger partial charge >= 0.3 is 0 Å². The molecule has 1 fully saturated rings. The lowest BCUT2D eigenvalue weighted by Gasteiger charge is -2.17. The van der Waals surface area contributed by atoms with Crippen molar-refractivity contribution in [3.8, 4) is 11.3 Å². The number of halogens is 2. The fourth-order valence-electron chi connectivity index (χ4n) is 3.27. The van der Waals surface area contributed by atoms with Gasteiger partial charge in [-0.1, -0.05) is 23.2 Å². The van der Waals surface area contributed by atoms with Crippen LogP contribution in [0.4, 0.5) is 5.69 Å². The van der Waals surface area contributed by atoms with Gasteiger partial charge in [-0.15, -0.1) is 0 Å². The molecule has 148 valence electrons. The summed E-state index contributed by atoms with van der Waals surface area (Å²) in [6.45, 7) is 2.14. The lowest BCUT2D eigenvalue weighted by Crippen LogP contribution is -2.19. The zero-order valence-corrected chi connectivity index (χ0v) is 17.1. The Bertz CT molecular complexity index is 1040. The van der Waals surface area contributed by atoms with Gasteiger partial charge in [-0.25, -0.2) is 5.43 Å². The van der Waals surface area contributed by atoms with Gasteiger partial charge in [0.05, 0.1) is 11.2 Å². The molecule has 0 atom stereocenters. The SMILES string of the molecule is O=C(N/N=C\c1ccc(-c2cc(Cl)ccc2Cl)o1)c1ccc(N2CCCC2)cc1. The molecule has 1 aromatic heterocycles. The number of hydrogen-bond donors (Lipinski definition) is 1. The van der Waals surface area contributed by atoms with Gasteiger partial charge in [0.2, 0.25) is 0 Å². The summed E-state index contributed by atoms with van der Waals surface area (Å²) in [6, 6.07) is 16.2. The van der Waals surface area contributed by atoms with E-state index in [2.05, 4.69) is 15.4 Å². The minimum atomic E-state index is -0.279. The number of rotatable bonds is 5. The highest BCUT2D eigenvalue weighted by Crippen LogP contribution is 2.31. The molecule has 0 spiro atoms. The van der Waals surface area contributed by atoms with E-state index in [9.17, 15) is 4.79 Å². The van der Waals surface area contributed by atoms with Crippen molar-refractivity contribution in [1.82, 2.24) is 5.43 Å². The molecule has 0 unspecified atom stereocenters. The Labute approximate surface area is 178 Å². The highest BCUT2D eigenvalue weighted by molar-refractivity contribution is 6.35. The van der Waals surface area contributed by atoms with Crippen LogP contribution in [0.2, 0.25) is 10.0 Å². The van der Waals surface area contributed by atoms with Crippen LogP contribution in [-0.2, 0) is 0 Å². The van der Waals surface area contributed by atoms with Gasteiger partial charge in [0, 0.05) is 34.9 Å². The minimum Gasteiger partial charge on any atom is -0.455 e. The number of nitrogens with one attached hydrogen (secondary N) is 1. The van der Waals surface area contributed by atoms with E-state index in [4.69, 9.17) is 27.6 Å². The van der Waals surface area contributed by atoms with E-state index in [1.165, 1.54) is 19.1 Å². The Balaban J connectivity index is 1.38. The maximum Gasteiger partial charge on any atom is 0.271 e. The molecule has 1 aliphatic rings. The van der Waals surface area contributed by atoms with E-state index >= 15 is 0 Å². The molecular formula is C22H19Cl2N3O2. The molecule has 29 heavy (non-hydrogen) atoms. The molecule has 0 radical (unpaired) electrons. The van der Waals surface area contributed by atoms with Crippen molar-refractivity contribution in [2.45, 2.75) is 12.8 Å². The van der Waals surface area contributed by atoms with Crippen LogP contribution in [0.25, 0.3) is 11.3 Å². The van der Waals surface area contributed by atoms with Crippen LogP contribution in [0.1, 0.15) is 29.0 Å². The summed E-state index contributed by atoms with van der Waals surface area (Å²) in [7, 11) is 0. The Morgan fingerprint density at radius 2 is 1.79 bits per heavy atom. The van der Waals surface area contributed by atoms with Crippen molar-refractivity contribution in [3.05, 3.63) is 76.0 Å². The lowest BCUT2D eigenvalue weighted by molar-refractivity contribution is 0.0955. The number of hydrazone groups is 1. The van der Waals surface area contributed by atoms with Crippen molar-refractivity contribution in [1.29, 1.82) is 0 Å². The van der Waals surface area contributed by atoms with Crippen LogP contribution >= 0.6 is 23.2 Å². The molecule has 7 heteroatoms. The van der Waals surface area contributed by atoms with E-state index in [-0.39, 0.29) is 5.91 Å². The highest BCUT2D eigenvalue weighted by atomic mass is 35.5. The summed E-state index contributed by atoms with van der Waals surface area (Å²) in [6.07, 6.45) is 3.88. The number of benzene rings is 2. The number of carbonyl (C=O) groups is 1. The monoisotopic (exact) mass is 427 g/mol. The first kappa shape index (κ1) is 19.6. The summed E-state index contributed by atoms with van der Waals surface area (Å²) in [5, 5.41) is 5.09. The van der Waals surface area contributed by atoms with Crippen molar-refractivity contribution in [2.24, 2.45) is 5.10 Å². The fraction of sp³-hybridized carbons (Fsp3) is 0.182. The molecule has 1 saturated heterocycles. The molecule has 1 aliphatic heterocycles. The Hall–Kier alpha value is -2.76. The highest BCUT2D eigenvalue weighted by Gasteiger charge is 2.13. The molecule has 2 aromatic carbocycles. The van der Waals surface area contributed by atoms with E-state index in [1.54, 1.807) is 30.3 Å². The van der Waals surface area contributed by atoms with Crippen molar-refractivity contribution in [3.63, 3.8) is 0 Å². The first-order valence-corrected chi connectivity index (χ1v) is 10.1. The second kappa shape index (κ2) is 8.72. The predicted molar refractivity (Wildman–Crippen MR) is 117 cm³/mol. The average Bonchev–Trinajstić information content (AvgIpc) is 3.42. The second-order valence-electron chi connectivity index (χ2n) is 6.77. The van der Waals surface area contributed by atoms with Gasteiger partial charge in [-0.05, 0) is 67.4 Å². The van der Waals surface area contributed by atoms with E-state index < -0.39 is 0 Å². The van der Waals surface area contributed by atoms with Gasteiger partial charge < -0.3 is 9.32 Å². The van der Waals surface area contributed by atoms with Crippen LogP contribution in [0.3, 0.4) is 0 Å². The third-order valence-corrected chi connectivity index (χ3v) is 5.34. The summed E-state index contributed by atoms with van der Waals surface area (Å²) in [5.74, 6) is 0.780. The third-order valence-electron chi connectivity index (χ3n) is 4.78. The summed E-state index contributed by atoms with van der Waals surface area (Å²) in [4.78, 5) is 14.6. The molecule has 1 N–H and O–H groups in total. The summed E-state index contributed by atoms with van der Waals surface area (Å²) < 4.78 is 5.72. The Morgan fingerprint density at radius 3 is 2.55 bits per heavy atom. The topological polar surface area (TPSA) is 57.8 Å². The maximum absolute atomic E-state index is 12.3. The summed E-state index contributed by atoms with van der Waals surface area (Å²) >= 11 is 12.2. The zero-order chi connectivity index (χ0) is 20.2. The molecule has 0 saturated carbocycles. The van der Waals surface area contributed by atoms with E-state index in [0.29, 0.717) is 32.7 Å². The number of carbonyl (C=O) groups excluding carboxylic acids is 1. The normalized spacial score (nSPS) is 13.9. The van der Waals surface area contributed by atoms with Gasteiger partial charge in [-0.2, -0.15) is 5.10 Å². The average molecular weight is 428 g/mol. The van der Waals surface area contributed by atoms with E-state index in [1.807, 2.05) is 24.3 Å². The number of nitrogens with zero attached hydrogens (tertiary/aromatic N) is 2. The Morgan fingerprint density at radius 1 is 1.03 bits per heavy atom. The summed E-state index contributed by atoms with van der Waals surface area (Å²) in [5.41, 5.74) is 4.91. The van der Waals surface area contributed by atoms with Crippen LogP contribution in [0.15, 0.2) is 64.1 Å². The quantitative estimate of drug-likeness (QED) is 0.424. The van der Waals surface area contributed by atoms with Crippen molar-refractivity contribution < 1.29 is 9.21 Å². The Kier molecular flexibility index (Phi) is 5.88. The fourth-order valence-corrected chi connectivity index (χ4v) is 3.65. The number of furan rings is 1. The standard InChI is InChI=1S/C22H19Cl2N3O2/c23-16-5-9-20(24)19(13-16)21-10-8-18(29-21)14-25-26-22(28)15-3-6-17(7-4-15)27-11-1-2-12-27/h3-10,13-14H,1-2,11-12H2,(H,26,28)/b25-14-. The maximum atomic E-state index is 12.3. The molecule has 0 bridgehead atoms. The molecule has 3 aromatic rings. The largest absolute Gasteiger partial charge is 0.455 e. The number of hydrogen-bond acceptors (Lipinski definition) is 4.